The molecule has 1 aromatic rings. The molecule has 152 valence electrons. The summed E-state index contributed by atoms with van der Waals surface area (Å²) in [6, 6.07) is 5.06. The molecule has 4 rings (SSSR count). The molecule has 2 aliphatic carbocycles. The fourth-order valence-electron chi connectivity index (χ4n) is 4.18. The normalized spacial score (nSPS) is 28.4. The summed E-state index contributed by atoms with van der Waals surface area (Å²) in [4.78, 5) is 24.5. The quantitative estimate of drug-likeness (QED) is 0.758. The number of fused-ring (bicyclic) bond motifs is 1. The fraction of sp³-hybridized carbons (Fsp3) is 0.619. The summed E-state index contributed by atoms with van der Waals surface area (Å²) in [5, 5.41) is 3.02. The van der Waals surface area contributed by atoms with Crippen LogP contribution < -0.4 is 14.8 Å². The third kappa shape index (κ3) is 3.68. The molecule has 2 saturated carbocycles. The van der Waals surface area contributed by atoms with Crippen molar-refractivity contribution in [2.75, 3.05) is 20.8 Å². The fourth-order valence-corrected chi connectivity index (χ4v) is 4.18. The third-order valence-electron chi connectivity index (χ3n) is 6.17. The Bertz CT molecular complexity index is 740. The third-order valence-corrected chi connectivity index (χ3v) is 6.17. The van der Waals surface area contributed by atoms with Crippen LogP contribution in [-0.4, -0.2) is 49.8 Å². The zero-order chi connectivity index (χ0) is 19.7. The number of amides is 3. The topological polar surface area (TPSA) is 77.1 Å². The second-order valence-corrected chi connectivity index (χ2v) is 8.15. The average molecular weight is 388 g/mol. The summed E-state index contributed by atoms with van der Waals surface area (Å²) in [6.45, 7) is 0.727. The molecule has 3 aliphatic rings. The van der Waals surface area contributed by atoms with Crippen LogP contribution in [0.3, 0.4) is 0 Å². The average Bonchev–Trinajstić information content (AvgIpc) is 3.51. The molecule has 1 atom stereocenters. The van der Waals surface area contributed by atoms with Crippen molar-refractivity contribution in [3.8, 4) is 11.5 Å². The van der Waals surface area contributed by atoms with Crippen molar-refractivity contribution < 1.29 is 23.8 Å². The molecule has 1 aromatic carbocycles. The van der Waals surface area contributed by atoms with Crippen LogP contribution in [0.2, 0.25) is 0 Å². The molecule has 3 amide bonds. The lowest BCUT2D eigenvalue weighted by molar-refractivity contribution is -0.114. The van der Waals surface area contributed by atoms with Crippen LogP contribution in [0, 0.1) is 5.92 Å². The SMILES string of the molecule is COC1CCC2(CC1)Oc1ccc(OCC3CC3)cc1C2NC(=O)N(C)C=O. The standard InChI is InChI=1S/C21H28N2O5/c1-23(13-24)20(25)22-19-17-11-16(27-12-14-3-4-14)5-6-18(17)28-21(19)9-7-15(26-2)8-10-21/h5-6,11,13-15,19H,3-4,7-10,12H2,1-2H3,(H,22,25). The number of carbonyl (C=O) groups excluding carboxylic acids is 2. The van der Waals surface area contributed by atoms with Gasteiger partial charge in [-0.15, -0.1) is 0 Å². The minimum Gasteiger partial charge on any atom is -0.493 e. The molecule has 0 aromatic heterocycles. The maximum absolute atomic E-state index is 12.5. The van der Waals surface area contributed by atoms with E-state index in [0.717, 1.165) is 54.3 Å². The Kier molecular flexibility index (Phi) is 5.19. The number of nitrogens with one attached hydrogen (secondary N) is 1. The van der Waals surface area contributed by atoms with Gasteiger partial charge in [0.1, 0.15) is 17.1 Å². The Balaban J connectivity index is 1.59. The summed E-state index contributed by atoms with van der Waals surface area (Å²) in [5.74, 6) is 2.23. The maximum atomic E-state index is 12.5. The van der Waals surface area contributed by atoms with Gasteiger partial charge in [0.05, 0.1) is 18.8 Å². The van der Waals surface area contributed by atoms with Crippen molar-refractivity contribution in [3.05, 3.63) is 23.8 Å². The first-order chi connectivity index (χ1) is 13.5. The molecule has 1 aliphatic heterocycles. The largest absolute Gasteiger partial charge is 0.493 e. The monoisotopic (exact) mass is 388 g/mol. The second kappa shape index (κ2) is 7.62. The van der Waals surface area contributed by atoms with Crippen molar-refractivity contribution in [1.29, 1.82) is 0 Å². The van der Waals surface area contributed by atoms with E-state index in [2.05, 4.69) is 5.32 Å². The van der Waals surface area contributed by atoms with Gasteiger partial charge < -0.3 is 19.5 Å². The first kappa shape index (κ1) is 19.1. The molecule has 0 radical (unpaired) electrons. The van der Waals surface area contributed by atoms with Crippen LogP contribution >= 0.6 is 0 Å². The van der Waals surface area contributed by atoms with E-state index in [0.29, 0.717) is 12.3 Å². The highest BCUT2D eigenvalue weighted by Crippen LogP contribution is 2.51. The van der Waals surface area contributed by atoms with Crippen molar-refractivity contribution in [2.24, 2.45) is 5.92 Å². The van der Waals surface area contributed by atoms with Gasteiger partial charge in [0.2, 0.25) is 6.41 Å². The number of hydrogen-bond donors (Lipinski definition) is 1. The molecule has 1 unspecified atom stereocenters. The van der Waals surface area contributed by atoms with E-state index in [4.69, 9.17) is 14.2 Å². The molecule has 1 heterocycles. The lowest BCUT2D eigenvalue weighted by Crippen LogP contribution is -2.51. The number of urea groups is 1. The van der Waals surface area contributed by atoms with E-state index in [1.807, 2.05) is 18.2 Å². The highest BCUT2D eigenvalue weighted by Gasteiger charge is 2.51. The van der Waals surface area contributed by atoms with Crippen LogP contribution in [0.1, 0.15) is 50.1 Å². The second-order valence-electron chi connectivity index (χ2n) is 8.15. The molecular weight excluding hydrogens is 360 g/mol. The molecule has 0 saturated heterocycles. The van der Waals surface area contributed by atoms with E-state index in [9.17, 15) is 9.59 Å². The Morgan fingerprint density at radius 1 is 1.32 bits per heavy atom. The van der Waals surface area contributed by atoms with Gasteiger partial charge >= 0.3 is 6.03 Å². The van der Waals surface area contributed by atoms with E-state index < -0.39 is 11.6 Å². The predicted molar refractivity (Wildman–Crippen MR) is 102 cm³/mol. The number of hydrogen-bond acceptors (Lipinski definition) is 5. The van der Waals surface area contributed by atoms with E-state index in [-0.39, 0.29) is 12.1 Å². The van der Waals surface area contributed by atoms with Crippen LogP contribution in [0.4, 0.5) is 4.79 Å². The zero-order valence-corrected chi connectivity index (χ0v) is 16.5. The number of imide groups is 1. The van der Waals surface area contributed by atoms with Crippen LogP contribution in [0.25, 0.3) is 0 Å². The van der Waals surface area contributed by atoms with Gasteiger partial charge in [-0.1, -0.05) is 0 Å². The van der Waals surface area contributed by atoms with Gasteiger partial charge in [0, 0.05) is 19.7 Å². The summed E-state index contributed by atoms with van der Waals surface area (Å²) < 4.78 is 17.9. The zero-order valence-electron chi connectivity index (χ0n) is 16.5. The number of rotatable bonds is 6. The molecule has 1 spiro atoms. The molecule has 1 N–H and O–H groups in total. The summed E-state index contributed by atoms with van der Waals surface area (Å²) >= 11 is 0. The Hall–Kier alpha value is -2.28. The summed E-state index contributed by atoms with van der Waals surface area (Å²) in [5.41, 5.74) is 0.392. The van der Waals surface area contributed by atoms with Gasteiger partial charge in [0.25, 0.3) is 0 Å². The van der Waals surface area contributed by atoms with Gasteiger partial charge in [-0.05, 0) is 62.6 Å². The minimum absolute atomic E-state index is 0.212. The molecule has 28 heavy (non-hydrogen) atoms. The van der Waals surface area contributed by atoms with E-state index in [1.165, 1.54) is 19.9 Å². The highest BCUT2D eigenvalue weighted by atomic mass is 16.5. The number of benzene rings is 1. The predicted octanol–water partition coefficient (Wildman–Crippen LogP) is 3.03. The van der Waals surface area contributed by atoms with Gasteiger partial charge in [0.15, 0.2) is 0 Å². The van der Waals surface area contributed by atoms with Crippen molar-refractivity contribution >= 4 is 12.4 Å². The van der Waals surface area contributed by atoms with Crippen LogP contribution in [0.15, 0.2) is 18.2 Å². The van der Waals surface area contributed by atoms with Crippen LogP contribution in [-0.2, 0) is 9.53 Å². The Morgan fingerprint density at radius 3 is 2.71 bits per heavy atom. The maximum Gasteiger partial charge on any atom is 0.324 e. The molecule has 7 nitrogen and oxygen atoms in total. The molecule has 0 bridgehead atoms. The Morgan fingerprint density at radius 2 is 2.07 bits per heavy atom. The molecular formula is C21H28N2O5. The van der Waals surface area contributed by atoms with Crippen molar-refractivity contribution in [1.82, 2.24) is 10.2 Å². The highest BCUT2D eigenvalue weighted by molar-refractivity contribution is 5.84. The lowest BCUT2D eigenvalue weighted by Gasteiger charge is -2.40. The Labute approximate surface area is 165 Å². The van der Waals surface area contributed by atoms with Crippen molar-refractivity contribution in [3.63, 3.8) is 0 Å². The van der Waals surface area contributed by atoms with Crippen LogP contribution in [0.5, 0.6) is 11.5 Å². The molecule has 2 fully saturated rings. The van der Waals surface area contributed by atoms with Gasteiger partial charge in [-0.2, -0.15) is 0 Å². The van der Waals surface area contributed by atoms with E-state index >= 15 is 0 Å². The minimum atomic E-state index is -0.522. The first-order valence-electron chi connectivity index (χ1n) is 10.0. The summed E-state index contributed by atoms with van der Waals surface area (Å²) in [6.07, 6.45) is 6.46. The van der Waals surface area contributed by atoms with Gasteiger partial charge in [-0.25, -0.2) is 4.79 Å². The summed E-state index contributed by atoms with van der Waals surface area (Å²) in [7, 11) is 3.18. The number of ether oxygens (including phenoxy) is 3. The van der Waals surface area contributed by atoms with Crippen molar-refractivity contribution in [2.45, 2.75) is 56.3 Å². The number of nitrogens with zero attached hydrogens (tertiary/aromatic N) is 1. The lowest BCUT2D eigenvalue weighted by atomic mass is 9.77. The van der Waals surface area contributed by atoms with E-state index in [1.54, 1.807) is 7.11 Å². The number of methoxy groups -OCH3 is 1. The smallest absolute Gasteiger partial charge is 0.324 e. The molecule has 7 heteroatoms. The number of carbonyl (C=O) groups is 2. The van der Waals surface area contributed by atoms with Gasteiger partial charge in [-0.3, -0.25) is 9.69 Å². The first-order valence-corrected chi connectivity index (χ1v) is 10.0.